The van der Waals surface area contributed by atoms with Gasteiger partial charge in [0.15, 0.2) is 5.13 Å². The third-order valence-electron chi connectivity index (χ3n) is 4.91. The van der Waals surface area contributed by atoms with Crippen LogP contribution in [0.15, 0.2) is 35.8 Å². The van der Waals surface area contributed by atoms with Crippen LogP contribution in [0.3, 0.4) is 0 Å². The van der Waals surface area contributed by atoms with Crippen molar-refractivity contribution in [1.82, 2.24) is 14.9 Å². The summed E-state index contributed by atoms with van der Waals surface area (Å²) in [6, 6.07) is 7.77. The van der Waals surface area contributed by atoms with Gasteiger partial charge in [-0.2, -0.15) is 0 Å². The maximum absolute atomic E-state index is 12.6. The van der Waals surface area contributed by atoms with Crippen molar-refractivity contribution in [2.24, 2.45) is 0 Å². The Balaban J connectivity index is 1.25. The number of likely N-dealkylation sites (tertiary alicyclic amines) is 1. The molecule has 2 aromatic heterocycles. The first-order valence-corrected chi connectivity index (χ1v) is 11.2. The van der Waals surface area contributed by atoms with Crippen molar-refractivity contribution < 1.29 is 9.59 Å². The second-order valence-corrected chi connectivity index (χ2v) is 8.86. The van der Waals surface area contributed by atoms with E-state index in [0.717, 1.165) is 36.2 Å². The largest absolute Gasteiger partial charge is 0.331 e. The van der Waals surface area contributed by atoms with E-state index in [2.05, 4.69) is 21.4 Å². The topological polar surface area (TPSA) is 75.2 Å². The first-order chi connectivity index (χ1) is 13.7. The molecule has 8 heteroatoms. The third-order valence-corrected chi connectivity index (χ3v) is 6.69. The highest BCUT2D eigenvalue weighted by Gasteiger charge is 2.33. The van der Waals surface area contributed by atoms with Crippen molar-refractivity contribution >= 4 is 49.8 Å². The van der Waals surface area contributed by atoms with E-state index in [4.69, 9.17) is 0 Å². The highest BCUT2D eigenvalue weighted by atomic mass is 32.1. The maximum atomic E-state index is 12.6. The Labute approximate surface area is 171 Å². The molecule has 3 aromatic rings. The molecule has 1 saturated heterocycles. The zero-order valence-electron chi connectivity index (χ0n) is 15.5. The number of aromatic nitrogens is 2. The van der Waals surface area contributed by atoms with Crippen LogP contribution in [-0.2, 0) is 16.0 Å². The fourth-order valence-electron chi connectivity index (χ4n) is 3.53. The van der Waals surface area contributed by atoms with Crippen LogP contribution in [0.25, 0.3) is 10.2 Å². The highest BCUT2D eigenvalue weighted by Crippen LogP contribution is 2.24. The van der Waals surface area contributed by atoms with E-state index in [0.29, 0.717) is 24.5 Å². The summed E-state index contributed by atoms with van der Waals surface area (Å²) in [7, 11) is 0. The van der Waals surface area contributed by atoms with Gasteiger partial charge in [-0.15, -0.1) is 22.7 Å². The molecular formula is C20H22N4O2S2. The molecule has 2 amide bonds. The zero-order valence-corrected chi connectivity index (χ0v) is 17.1. The monoisotopic (exact) mass is 414 g/mol. The standard InChI is InChI=1S/C20H22N4O2S2/c25-18(10-4-3-9-17-22-14-6-1-2-8-16(14)28-17)24-12-5-7-15(24)19(26)23-20-21-11-13-27-20/h1-2,6,8,11,13,15H,3-5,7,9-10,12H2,(H,21,23,26). The Morgan fingerprint density at radius 3 is 2.96 bits per heavy atom. The lowest BCUT2D eigenvalue weighted by Gasteiger charge is -2.23. The summed E-state index contributed by atoms with van der Waals surface area (Å²) in [4.78, 5) is 35.6. The molecule has 3 heterocycles. The number of rotatable bonds is 7. The predicted octanol–water partition coefficient (Wildman–Crippen LogP) is 4.10. The molecule has 4 rings (SSSR count). The minimum atomic E-state index is -0.374. The van der Waals surface area contributed by atoms with E-state index in [1.165, 1.54) is 16.0 Å². The smallest absolute Gasteiger partial charge is 0.248 e. The number of benzene rings is 1. The summed E-state index contributed by atoms with van der Waals surface area (Å²) >= 11 is 3.11. The molecule has 1 aliphatic heterocycles. The van der Waals surface area contributed by atoms with Crippen molar-refractivity contribution in [3.05, 3.63) is 40.8 Å². The number of nitrogens with zero attached hydrogens (tertiary/aromatic N) is 3. The van der Waals surface area contributed by atoms with Crippen LogP contribution >= 0.6 is 22.7 Å². The summed E-state index contributed by atoms with van der Waals surface area (Å²) < 4.78 is 1.21. The number of amides is 2. The summed E-state index contributed by atoms with van der Waals surface area (Å²) in [5.41, 5.74) is 1.05. The Hall–Kier alpha value is -2.32. The SMILES string of the molecule is O=C(Nc1nccs1)C1CCCN1C(=O)CCCCc1nc2ccccc2s1. The van der Waals surface area contributed by atoms with Gasteiger partial charge in [0.25, 0.3) is 0 Å². The molecule has 0 radical (unpaired) electrons. The van der Waals surface area contributed by atoms with Gasteiger partial charge in [-0.3, -0.25) is 9.59 Å². The number of nitrogens with one attached hydrogen (secondary N) is 1. The molecule has 146 valence electrons. The van der Waals surface area contributed by atoms with Gasteiger partial charge in [-0.25, -0.2) is 9.97 Å². The highest BCUT2D eigenvalue weighted by molar-refractivity contribution is 7.18. The molecule has 1 N–H and O–H groups in total. The Bertz CT molecular complexity index is 921. The molecule has 1 unspecified atom stereocenters. The van der Waals surface area contributed by atoms with E-state index in [9.17, 15) is 9.59 Å². The van der Waals surface area contributed by atoms with E-state index in [1.54, 1.807) is 22.4 Å². The second kappa shape index (κ2) is 8.79. The average Bonchev–Trinajstić information content (AvgIpc) is 3.44. The molecule has 1 aromatic carbocycles. The summed E-state index contributed by atoms with van der Waals surface area (Å²) in [5, 5.41) is 6.34. The van der Waals surface area contributed by atoms with Crippen LogP contribution in [0.4, 0.5) is 5.13 Å². The van der Waals surface area contributed by atoms with Crippen LogP contribution in [0.2, 0.25) is 0 Å². The maximum Gasteiger partial charge on any atom is 0.248 e. The molecule has 1 fully saturated rings. The number of hydrogen-bond donors (Lipinski definition) is 1. The minimum absolute atomic E-state index is 0.0705. The van der Waals surface area contributed by atoms with Gasteiger partial charge in [-0.05, 0) is 44.2 Å². The molecular weight excluding hydrogens is 392 g/mol. The number of unbranched alkanes of at least 4 members (excludes halogenated alkanes) is 1. The van der Waals surface area contributed by atoms with Gasteiger partial charge in [0.1, 0.15) is 6.04 Å². The molecule has 0 saturated carbocycles. The summed E-state index contributed by atoms with van der Waals surface area (Å²) in [6.07, 6.45) is 6.35. The summed E-state index contributed by atoms with van der Waals surface area (Å²) in [6.45, 7) is 0.659. The zero-order chi connectivity index (χ0) is 19.3. The van der Waals surface area contributed by atoms with E-state index >= 15 is 0 Å². The Kier molecular flexibility index (Phi) is 5.97. The number of aryl methyl sites for hydroxylation is 1. The first kappa shape index (κ1) is 19.0. The summed E-state index contributed by atoms with van der Waals surface area (Å²) in [5.74, 6) is -0.0589. The Morgan fingerprint density at radius 2 is 2.14 bits per heavy atom. The fraction of sp³-hybridized carbons (Fsp3) is 0.400. The fourth-order valence-corrected chi connectivity index (χ4v) is 5.08. The second-order valence-electron chi connectivity index (χ2n) is 6.85. The minimum Gasteiger partial charge on any atom is -0.331 e. The van der Waals surface area contributed by atoms with E-state index < -0.39 is 0 Å². The third kappa shape index (κ3) is 4.39. The van der Waals surface area contributed by atoms with Crippen LogP contribution in [0, 0.1) is 0 Å². The first-order valence-electron chi connectivity index (χ1n) is 9.55. The van der Waals surface area contributed by atoms with Crippen molar-refractivity contribution in [1.29, 1.82) is 0 Å². The van der Waals surface area contributed by atoms with Gasteiger partial charge >= 0.3 is 0 Å². The number of thiazole rings is 2. The van der Waals surface area contributed by atoms with Gasteiger partial charge in [-0.1, -0.05) is 12.1 Å². The number of para-hydroxylation sites is 1. The lowest BCUT2D eigenvalue weighted by atomic mass is 10.1. The molecule has 6 nitrogen and oxygen atoms in total. The average molecular weight is 415 g/mol. The van der Waals surface area contributed by atoms with Crippen molar-refractivity contribution in [3.8, 4) is 0 Å². The van der Waals surface area contributed by atoms with Crippen molar-refractivity contribution in [3.63, 3.8) is 0 Å². The van der Waals surface area contributed by atoms with Gasteiger partial charge < -0.3 is 10.2 Å². The molecule has 28 heavy (non-hydrogen) atoms. The number of anilines is 1. The number of fused-ring (bicyclic) bond motifs is 1. The van der Waals surface area contributed by atoms with Gasteiger partial charge in [0.05, 0.1) is 15.2 Å². The van der Waals surface area contributed by atoms with Gasteiger partial charge in [0, 0.05) is 24.5 Å². The molecule has 1 aliphatic rings. The molecule has 0 bridgehead atoms. The van der Waals surface area contributed by atoms with Crippen LogP contribution in [-0.4, -0.2) is 39.3 Å². The van der Waals surface area contributed by atoms with Crippen LogP contribution < -0.4 is 5.32 Å². The van der Waals surface area contributed by atoms with E-state index in [1.807, 2.05) is 23.6 Å². The normalized spacial score (nSPS) is 16.6. The van der Waals surface area contributed by atoms with Crippen molar-refractivity contribution in [2.75, 3.05) is 11.9 Å². The van der Waals surface area contributed by atoms with Crippen LogP contribution in [0.1, 0.15) is 37.1 Å². The predicted molar refractivity (Wildman–Crippen MR) is 113 cm³/mol. The molecule has 0 spiro atoms. The lowest BCUT2D eigenvalue weighted by molar-refractivity contribution is -0.136. The molecule has 0 aliphatic carbocycles. The number of hydrogen-bond acceptors (Lipinski definition) is 6. The van der Waals surface area contributed by atoms with Gasteiger partial charge in [0.2, 0.25) is 11.8 Å². The Morgan fingerprint density at radius 1 is 1.25 bits per heavy atom. The number of carbonyl (C=O) groups is 2. The number of carbonyl (C=O) groups excluding carboxylic acids is 2. The van der Waals surface area contributed by atoms with Crippen LogP contribution in [0.5, 0.6) is 0 Å². The van der Waals surface area contributed by atoms with Crippen molar-refractivity contribution in [2.45, 2.75) is 44.6 Å². The lowest BCUT2D eigenvalue weighted by Crippen LogP contribution is -2.43. The van der Waals surface area contributed by atoms with E-state index in [-0.39, 0.29) is 17.9 Å². The quantitative estimate of drug-likeness (QED) is 0.591. The molecule has 1 atom stereocenters.